The molecule has 1 unspecified atom stereocenters. The molecule has 0 bridgehead atoms. The molecule has 1 N–H and O–H groups in total. The Bertz CT molecular complexity index is 1010. The van der Waals surface area contributed by atoms with E-state index in [1.807, 2.05) is 0 Å². The van der Waals surface area contributed by atoms with Crippen molar-refractivity contribution in [1.82, 2.24) is 5.32 Å². The normalized spacial score (nSPS) is 13.1. The van der Waals surface area contributed by atoms with E-state index in [-0.39, 0.29) is 38.6 Å². The van der Waals surface area contributed by atoms with Gasteiger partial charge in [-0.05, 0) is 89.4 Å². The standard InChI is InChI=1S/C41H87NO9Si4/c1-12-15-18-19-20-21-22-23-24-25-39(43)42-38(41(45)49-31-29-47-33-37-55(10,11)51-53(6,7)35-17-14-3)26-27-40(44)48-30-28-46-32-36-54(8,9)50-52(4,5)34-16-13-2/h38H,12-37H2,1-11H3,(H,42,43). The van der Waals surface area contributed by atoms with Gasteiger partial charge in [0.2, 0.25) is 5.91 Å². The van der Waals surface area contributed by atoms with Crippen LogP contribution in [-0.2, 0) is 41.6 Å². The number of rotatable bonds is 37. The van der Waals surface area contributed by atoms with E-state index in [0.29, 0.717) is 26.2 Å². The van der Waals surface area contributed by atoms with Crippen molar-refractivity contribution in [2.24, 2.45) is 0 Å². The first-order valence-corrected chi connectivity index (χ1v) is 34.5. The summed E-state index contributed by atoms with van der Waals surface area (Å²) in [6.45, 7) is 26.8. The highest BCUT2D eigenvalue weighted by Crippen LogP contribution is 2.24. The molecule has 0 saturated carbocycles. The lowest BCUT2D eigenvalue weighted by atomic mass is 10.1. The predicted octanol–water partition coefficient (Wildman–Crippen LogP) is 10.7. The Hall–Kier alpha value is -0.882. The van der Waals surface area contributed by atoms with Crippen LogP contribution in [0.25, 0.3) is 0 Å². The van der Waals surface area contributed by atoms with E-state index in [9.17, 15) is 14.4 Å². The highest BCUT2D eigenvalue weighted by Gasteiger charge is 2.33. The summed E-state index contributed by atoms with van der Waals surface area (Å²) >= 11 is 0. The van der Waals surface area contributed by atoms with Crippen LogP contribution >= 0.6 is 0 Å². The Morgan fingerprint density at radius 2 is 0.891 bits per heavy atom. The third-order valence-electron chi connectivity index (χ3n) is 9.79. The summed E-state index contributed by atoms with van der Waals surface area (Å²) in [6, 6.07) is 3.20. The minimum Gasteiger partial charge on any atom is -0.463 e. The van der Waals surface area contributed by atoms with Crippen LogP contribution in [0, 0.1) is 0 Å². The van der Waals surface area contributed by atoms with E-state index in [4.69, 9.17) is 27.2 Å². The van der Waals surface area contributed by atoms with Crippen LogP contribution < -0.4 is 5.32 Å². The Morgan fingerprint density at radius 1 is 0.473 bits per heavy atom. The molecule has 0 rings (SSSR count). The van der Waals surface area contributed by atoms with Gasteiger partial charge in [-0.25, -0.2) is 4.79 Å². The molecule has 1 amide bonds. The van der Waals surface area contributed by atoms with E-state index in [0.717, 1.165) is 31.4 Å². The molecule has 0 aliphatic heterocycles. The van der Waals surface area contributed by atoms with Gasteiger partial charge < -0.3 is 32.5 Å². The summed E-state index contributed by atoms with van der Waals surface area (Å²) in [5.74, 6) is -1.20. The number of amides is 1. The first-order valence-electron chi connectivity index (χ1n) is 22.0. The fraction of sp³-hybridized carbons (Fsp3) is 0.927. The van der Waals surface area contributed by atoms with Gasteiger partial charge in [-0.1, -0.05) is 97.8 Å². The number of esters is 2. The number of hydrogen-bond acceptors (Lipinski definition) is 9. The molecule has 0 aromatic heterocycles. The van der Waals surface area contributed by atoms with E-state index < -0.39 is 51.3 Å². The van der Waals surface area contributed by atoms with Crippen LogP contribution in [0.5, 0.6) is 0 Å². The molecule has 1 atom stereocenters. The summed E-state index contributed by atoms with van der Waals surface area (Å²) in [4.78, 5) is 38.6. The maximum Gasteiger partial charge on any atom is 0.328 e. The van der Waals surface area contributed by atoms with Crippen LogP contribution in [0.3, 0.4) is 0 Å². The smallest absolute Gasteiger partial charge is 0.328 e. The molecule has 14 heteroatoms. The fourth-order valence-electron chi connectivity index (χ4n) is 6.71. The molecule has 0 radical (unpaired) electrons. The zero-order valence-corrected chi connectivity index (χ0v) is 41.6. The number of ether oxygens (including phenoxy) is 4. The molecule has 326 valence electrons. The molecule has 0 fully saturated rings. The van der Waals surface area contributed by atoms with Gasteiger partial charge in [0, 0.05) is 26.1 Å². The zero-order chi connectivity index (χ0) is 41.6. The number of nitrogens with one attached hydrogen (secondary N) is 1. The molecule has 0 spiro atoms. The third kappa shape index (κ3) is 32.7. The van der Waals surface area contributed by atoms with Gasteiger partial charge in [0.25, 0.3) is 0 Å². The molecule has 10 nitrogen and oxygen atoms in total. The van der Waals surface area contributed by atoms with Gasteiger partial charge in [0.1, 0.15) is 19.3 Å². The lowest BCUT2D eigenvalue weighted by Gasteiger charge is -2.34. The van der Waals surface area contributed by atoms with Crippen molar-refractivity contribution in [3.05, 3.63) is 0 Å². The maximum absolute atomic E-state index is 13.1. The largest absolute Gasteiger partial charge is 0.463 e. The fourth-order valence-corrected chi connectivity index (χ4v) is 24.0. The van der Waals surface area contributed by atoms with E-state index in [1.165, 1.54) is 76.3 Å². The van der Waals surface area contributed by atoms with Crippen molar-refractivity contribution >= 4 is 51.1 Å². The van der Waals surface area contributed by atoms with Crippen LogP contribution in [0.4, 0.5) is 0 Å². The van der Waals surface area contributed by atoms with Gasteiger partial charge in [0.15, 0.2) is 33.3 Å². The Labute approximate surface area is 342 Å². The Balaban J connectivity index is 4.79. The van der Waals surface area contributed by atoms with Crippen LogP contribution in [0.1, 0.15) is 124 Å². The maximum atomic E-state index is 13.1. The Morgan fingerprint density at radius 3 is 1.36 bits per heavy atom. The summed E-state index contributed by atoms with van der Waals surface area (Å²) < 4.78 is 35.8. The van der Waals surface area contributed by atoms with E-state index in [2.05, 4.69) is 78.5 Å². The second-order valence-electron chi connectivity index (χ2n) is 17.8. The van der Waals surface area contributed by atoms with Crippen molar-refractivity contribution in [3.8, 4) is 0 Å². The average Bonchev–Trinajstić information content (AvgIpc) is 3.09. The van der Waals surface area contributed by atoms with Crippen molar-refractivity contribution in [2.45, 2.75) is 206 Å². The molecule has 55 heavy (non-hydrogen) atoms. The third-order valence-corrected chi connectivity index (χ3v) is 24.6. The topological polar surface area (TPSA) is 119 Å². The monoisotopic (exact) mass is 850 g/mol. The van der Waals surface area contributed by atoms with Crippen molar-refractivity contribution in [3.63, 3.8) is 0 Å². The number of carbonyl (C=O) groups is 3. The Kier molecular flexibility index (Phi) is 30.6. The summed E-state index contributed by atoms with van der Waals surface area (Å²) in [6.07, 6.45) is 15.6. The van der Waals surface area contributed by atoms with E-state index >= 15 is 0 Å². The lowest BCUT2D eigenvalue weighted by Crippen LogP contribution is -2.44. The highest BCUT2D eigenvalue weighted by atomic mass is 28.4. The molecule has 0 aliphatic rings. The summed E-state index contributed by atoms with van der Waals surface area (Å²) in [5, 5.41) is 2.83. The van der Waals surface area contributed by atoms with Crippen molar-refractivity contribution in [1.29, 1.82) is 0 Å². The van der Waals surface area contributed by atoms with Gasteiger partial charge in [-0.15, -0.1) is 0 Å². The molecule has 0 aromatic rings. The van der Waals surface area contributed by atoms with Gasteiger partial charge in [-0.3, -0.25) is 9.59 Å². The second-order valence-corrected chi connectivity index (χ2v) is 35.5. The van der Waals surface area contributed by atoms with Gasteiger partial charge in [-0.2, -0.15) is 0 Å². The molecule has 0 aromatic carbocycles. The van der Waals surface area contributed by atoms with Gasteiger partial charge >= 0.3 is 11.9 Å². The summed E-state index contributed by atoms with van der Waals surface area (Å²) in [5.41, 5.74) is 0. The molecular weight excluding hydrogens is 763 g/mol. The lowest BCUT2D eigenvalue weighted by molar-refractivity contribution is -0.150. The van der Waals surface area contributed by atoms with Crippen LogP contribution in [0.2, 0.25) is 76.6 Å². The van der Waals surface area contributed by atoms with Crippen LogP contribution in [-0.4, -0.2) is 96.8 Å². The zero-order valence-electron chi connectivity index (χ0n) is 37.6. The SMILES string of the molecule is CCCCCCCCCCCC(=O)NC(CCC(=O)OCCOCC[Si](C)(C)O[Si](C)(C)CCCC)C(=O)OCCOCC[Si](C)(C)O[Si](C)(C)CCCC. The second kappa shape index (κ2) is 31.1. The van der Waals surface area contributed by atoms with Crippen LogP contribution in [0.15, 0.2) is 0 Å². The van der Waals surface area contributed by atoms with Crippen molar-refractivity contribution in [2.75, 3.05) is 39.6 Å². The molecule has 0 heterocycles. The number of hydrogen-bond donors (Lipinski definition) is 1. The first kappa shape index (κ1) is 54.1. The molecule has 0 aliphatic carbocycles. The van der Waals surface area contributed by atoms with Gasteiger partial charge in [0.05, 0.1) is 13.2 Å². The first-order chi connectivity index (χ1) is 25.9. The minimum absolute atomic E-state index is 0.0164. The minimum atomic E-state index is -1.86. The van der Waals surface area contributed by atoms with E-state index in [1.54, 1.807) is 0 Å². The van der Waals surface area contributed by atoms with Crippen molar-refractivity contribution < 1.29 is 41.6 Å². The molecular formula is C41H87NO9Si4. The summed E-state index contributed by atoms with van der Waals surface area (Å²) in [7, 11) is -7.05. The highest BCUT2D eigenvalue weighted by molar-refractivity contribution is 6.85. The number of unbranched alkanes of at least 4 members (excludes halogenated alkanes) is 10. The molecule has 0 saturated heterocycles. The number of carbonyl (C=O) groups excluding carboxylic acids is 3. The average molecular weight is 850 g/mol. The predicted molar refractivity (Wildman–Crippen MR) is 238 cm³/mol. The quantitative estimate of drug-likeness (QED) is 0.0370.